The van der Waals surface area contributed by atoms with Gasteiger partial charge in [0.25, 0.3) is 11.8 Å². The van der Waals surface area contributed by atoms with Crippen LogP contribution >= 0.6 is 0 Å². The van der Waals surface area contributed by atoms with Crippen LogP contribution in [0.1, 0.15) is 47.3 Å². The number of carbonyl (C=O) groups is 2. The van der Waals surface area contributed by atoms with Gasteiger partial charge in [-0.2, -0.15) is 0 Å². The lowest BCUT2D eigenvalue weighted by Gasteiger charge is -2.18. The van der Waals surface area contributed by atoms with Crippen molar-refractivity contribution in [1.82, 2.24) is 20.6 Å². The molecule has 0 atom stereocenters. The van der Waals surface area contributed by atoms with Crippen LogP contribution in [0.5, 0.6) is 5.75 Å². The highest BCUT2D eigenvalue weighted by molar-refractivity contribution is 6.04. The Labute approximate surface area is 147 Å². The molecule has 1 aromatic heterocycles. The Morgan fingerprint density at radius 3 is 2.40 bits per heavy atom. The standard InChI is InChI=1S/C18H24N4O3/c1-18(2,3)10-20-17(24)15-14(21-11-22-15)16(23)19-9-12-5-7-13(25-4)8-6-12/h5-8,11H,9-10H2,1-4H3,(H,19,23)(H,20,24)(H,21,22). The van der Waals surface area contributed by atoms with Gasteiger partial charge in [0.1, 0.15) is 11.4 Å². The number of methoxy groups -OCH3 is 1. The summed E-state index contributed by atoms with van der Waals surface area (Å²) < 4.78 is 5.10. The number of nitrogens with zero attached hydrogens (tertiary/aromatic N) is 1. The Balaban J connectivity index is 1.98. The minimum Gasteiger partial charge on any atom is -0.497 e. The van der Waals surface area contributed by atoms with Crippen molar-refractivity contribution in [2.75, 3.05) is 13.7 Å². The second-order valence-electron chi connectivity index (χ2n) is 6.90. The molecule has 0 saturated carbocycles. The van der Waals surface area contributed by atoms with Gasteiger partial charge in [-0.15, -0.1) is 0 Å². The molecular formula is C18H24N4O3. The number of amides is 2. The zero-order valence-corrected chi connectivity index (χ0v) is 15.0. The van der Waals surface area contributed by atoms with E-state index in [0.717, 1.165) is 11.3 Å². The number of hydrogen-bond acceptors (Lipinski definition) is 4. The van der Waals surface area contributed by atoms with Crippen molar-refractivity contribution < 1.29 is 14.3 Å². The first-order valence-corrected chi connectivity index (χ1v) is 8.03. The number of imidazole rings is 1. The predicted molar refractivity (Wildman–Crippen MR) is 94.5 cm³/mol. The zero-order chi connectivity index (χ0) is 18.4. The van der Waals surface area contributed by atoms with Crippen LogP contribution in [0.25, 0.3) is 0 Å². The van der Waals surface area contributed by atoms with Crippen LogP contribution in [0.3, 0.4) is 0 Å². The molecule has 7 heteroatoms. The predicted octanol–water partition coefficient (Wildman–Crippen LogP) is 2.12. The Morgan fingerprint density at radius 2 is 1.80 bits per heavy atom. The molecule has 25 heavy (non-hydrogen) atoms. The van der Waals surface area contributed by atoms with Crippen LogP contribution < -0.4 is 15.4 Å². The van der Waals surface area contributed by atoms with E-state index in [1.165, 1.54) is 6.33 Å². The first kappa shape index (κ1) is 18.5. The smallest absolute Gasteiger partial charge is 0.272 e. The summed E-state index contributed by atoms with van der Waals surface area (Å²) in [6.45, 7) is 6.87. The fourth-order valence-corrected chi connectivity index (χ4v) is 2.08. The topological polar surface area (TPSA) is 96.1 Å². The van der Waals surface area contributed by atoms with Crippen LogP contribution in [0.15, 0.2) is 30.6 Å². The highest BCUT2D eigenvalue weighted by Crippen LogP contribution is 2.12. The maximum Gasteiger partial charge on any atom is 0.272 e. The molecular weight excluding hydrogens is 320 g/mol. The van der Waals surface area contributed by atoms with Crippen molar-refractivity contribution in [3.63, 3.8) is 0 Å². The number of nitrogens with one attached hydrogen (secondary N) is 3. The summed E-state index contributed by atoms with van der Waals surface area (Å²) in [5, 5.41) is 5.57. The number of carbonyl (C=O) groups excluding carboxylic acids is 2. The third kappa shape index (κ3) is 5.34. The third-order valence-electron chi connectivity index (χ3n) is 3.47. The van der Waals surface area contributed by atoms with Gasteiger partial charge in [0.05, 0.1) is 13.4 Å². The normalized spacial score (nSPS) is 11.0. The number of aromatic nitrogens is 2. The summed E-state index contributed by atoms with van der Waals surface area (Å²) in [5.41, 5.74) is 1.12. The summed E-state index contributed by atoms with van der Waals surface area (Å²) in [4.78, 5) is 31.3. The number of hydrogen-bond donors (Lipinski definition) is 3. The lowest BCUT2D eigenvalue weighted by Crippen LogP contribution is -2.34. The molecule has 7 nitrogen and oxygen atoms in total. The second kappa shape index (κ2) is 7.83. The van der Waals surface area contributed by atoms with Gasteiger partial charge in [0.2, 0.25) is 0 Å². The van der Waals surface area contributed by atoms with E-state index in [2.05, 4.69) is 20.6 Å². The monoisotopic (exact) mass is 344 g/mol. The molecule has 0 aliphatic carbocycles. The van der Waals surface area contributed by atoms with Gasteiger partial charge in [-0.05, 0) is 23.1 Å². The van der Waals surface area contributed by atoms with Gasteiger partial charge < -0.3 is 20.4 Å². The van der Waals surface area contributed by atoms with E-state index in [4.69, 9.17) is 4.74 Å². The van der Waals surface area contributed by atoms with Gasteiger partial charge in [0, 0.05) is 13.1 Å². The van der Waals surface area contributed by atoms with E-state index >= 15 is 0 Å². The number of rotatable bonds is 6. The quantitative estimate of drug-likeness (QED) is 0.748. The number of benzene rings is 1. The maximum absolute atomic E-state index is 12.3. The molecule has 0 fully saturated rings. The Bertz CT molecular complexity index is 730. The first-order chi connectivity index (χ1) is 11.8. The van der Waals surface area contributed by atoms with Crippen molar-refractivity contribution >= 4 is 11.8 Å². The van der Waals surface area contributed by atoms with Crippen molar-refractivity contribution in [2.24, 2.45) is 5.41 Å². The molecule has 0 spiro atoms. The molecule has 1 aromatic carbocycles. The lowest BCUT2D eigenvalue weighted by atomic mass is 9.97. The van der Waals surface area contributed by atoms with Crippen LogP contribution in [0, 0.1) is 5.41 Å². The van der Waals surface area contributed by atoms with Crippen LogP contribution in [-0.4, -0.2) is 35.4 Å². The second-order valence-corrected chi connectivity index (χ2v) is 6.90. The van der Waals surface area contributed by atoms with E-state index in [1.54, 1.807) is 7.11 Å². The van der Waals surface area contributed by atoms with Gasteiger partial charge in [0.15, 0.2) is 5.69 Å². The highest BCUT2D eigenvalue weighted by Gasteiger charge is 2.21. The molecule has 0 radical (unpaired) electrons. The average molecular weight is 344 g/mol. The fourth-order valence-electron chi connectivity index (χ4n) is 2.08. The highest BCUT2D eigenvalue weighted by atomic mass is 16.5. The van der Waals surface area contributed by atoms with E-state index in [1.807, 2.05) is 45.0 Å². The first-order valence-electron chi connectivity index (χ1n) is 8.03. The summed E-state index contributed by atoms with van der Waals surface area (Å²) in [6, 6.07) is 7.37. The molecule has 2 aromatic rings. The van der Waals surface area contributed by atoms with Crippen molar-refractivity contribution in [3.05, 3.63) is 47.5 Å². The fraction of sp³-hybridized carbons (Fsp3) is 0.389. The van der Waals surface area contributed by atoms with Crippen molar-refractivity contribution in [1.29, 1.82) is 0 Å². The largest absolute Gasteiger partial charge is 0.497 e. The Morgan fingerprint density at radius 1 is 1.12 bits per heavy atom. The molecule has 0 aliphatic rings. The average Bonchev–Trinajstić information content (AvgIpc) is 3.07. The molecule has 3 N–H and O–H groups in total. The van der Waals surface area contributed by atoms with E-state index in [0.29, 0.717) is 13.1 Å². The molecule has 0 unspecified atom stereocenters. The zero-order valence-electron chi connectivity index (χ0n) is 15.0. The molecule has 1 heterocycles. The molecule has 0 saturated heterocycles. The molecule has 134 valence electrons. The number of H-pyrrole nitrogens is 1. The van der Waals surface area contributed by atoms with Gasteiger partial charge in [-0.3, -0.25) is 9.59 Å². The van der Waals surface area contributed by atoms with Crippen molar-refractivity contribution in [3.8, 4) is 5.75 Å². The number of ether oxygens (including phenoxy) is 1. The van der Waals surface area contributed by atoms with E-state index < -0.39 is 0 Å². The summed E-state index contributed by atoms with van der Waals surface area (Å²) in [5.74, 6) is 0.00134. The molecule has 2 amide bonds. The lowest BCUT2D eigenvalue weighted by molar-refractivity contribution is 0.0905. The molecule has 0 aliphatic heterocycles. The van der Waals surface area contributed by atoms with Crippen LogP contribution in [0.2, 0.25) is 0 Å². The van der Waals surface area contributed by atoms with Gasteiger partial charge in [-0.1, -0.05) is 32.9 Å². The summed E-state index contributed by atoms with van der Waals surface area (Å²) in [7, 11) is 1.60. The minimum atomic E-state index is -0.380. The van der Waals surface area contributed by atoms with Crippen molar-refractivity contribution in [2.45, 2.75) is 27.3 Å². The SMILES string of the molecule is COc1ccc(CNC(=O)c2[nH]cnc2C(=O)NCC(C)(C)C)cc1. The summed E-state index contributed by atoms with van der Waals surface area (Å²) in [6.07, 6.45) is 1.34. The molecule has 0 bridgehead atoms. The Hall–Kier alpha value is -2.83. The van der Waals surface area contributed by atoms with Crippen LogP contribution in [0.4, 0.5) is 0 Å². The minimum absolute atomic E-state index is 0.0528. The maximum atomic E-state index is 12.3. The van der Waals surface area contributed by atoms with Gasteiger partial charge in [-0.25, -0.2) is 4.98 Å². The Kier molecular flexibility index (Phi) is 5.80. The van der Waals surface area contributed by atoms with Gasteiger partial charge >= 0.3 is 0 Å². The number of aromatic amines is 1. The van der Waals surface area contributed by atoms with E-state index in [9.17, 15) is 9.59 Å². The van der Waals surface area contributed by atoms with Crippen LogP contribution in [-0.2, 0) is 6.54 Å². The third-order valence-corrected chi connectivity index (χ3v) is 3.47. The molecule has 2 rings (SSSR count). The summed E-state index contributed by atoms with van der Waals surface area (Å²) >= 11 is 0. The van der Waals surface area contributed by atoms with E-state index in [-0.39, 0.29) is 28.6 Å².